The molecule has 12 atom stereocenters. The molecule has 5 saturated heterocycles. The van der Waals surface area contributed by atoms with E-state index in [4.69, 9.17) is 47.3 Å². The molecule has 526 valence electrons. The number of esters is 2. The lowest BCUT2D eigenvalue weighted by molar-refractivity contribution is -0.202. The number of carbonyl (C=O) groups is 3. The minimum atomic E-state index is -1.53. The van der Waals surface area contributed by atoms with Crippen molar-refractivity contribution in [3.63, 3.8) is 0 Å². The molecule has 0 saturated carbocycles. The van der Waals surface area contributed by atoms with Gasteiger partial charge in [0.15, 0.2) is 0 Å². The standard InChI is InChI=1S/C32H33N3O5.C22H21NO5.C14H16INO4.C8H7BO3.CH4/c1-20(37)31-26(19-36)30(32(38)33-15-14-24-17-34-27-8-4-3-7-25(24)27)35(40-31)18-21-10-12-22(13-11-21)29-16-23-6-2-5-9-28(23)39-29;1-13(24)21-17-12-26-22(25)20(17)23(28-21)11-14-6-8-15(9-7-14)19-10-16-4-2-3-5-18(16)27-19;1-8(17)13-11-7-19-14(18)12(11)16(20-13)6-9-2-4-10(15)5-3-9;10-9(11)8-5-6-3-1-2-4-7(6)12-8;/h2-13,16-17,20,26,30-31,34,36-37H,14-15,18-19H2,1H3,(H,33,38);2-10,13,17,20-21,24H,11-12H2,1H3;2-5,8,11-13,17H,6-7H2,1H3;1-5,10-11H;1H4/t20-,26?,30-,31?;13-,17-,20?,21?;8-,11-,12?,13-;;/m000../s1. The molecule has 5 fully saturated rings. The highest BCUT2D eigenvalue weighted by Crippen LogP contribution is 2.39. The molecule has 5 aliphatic heterocycles. The number of aromatic nitrogens is 1. The predicted octanol–water partition coefficient (Wildman–Crippen LogP) is 9.63. The molecule has 8 N–H and O–H groups in total. The maximum absolute atomic E-state index is 13.5. The highest BCUT2D eigenvalue weighted by Gasteiger charge is 2.55. The molecule has 16 rings (SSSR count). The number of amides is 1. The van der Waals surface area contributed by atoms with Gasteiger partial charge < -0.3 is 63.5 Å². The van der Waals surface area contributed by atoms with Crippen molar-refractivity contribution in [2.75, 3.05) is 26.4 Å². The van der Waals surface area contributed by atoms with Crippen molar-refractivity contribution in [3.8, 4) is 22.6 Å². The van der Waals surface area contributed by atoms with E-state index in [0.717, 1.165) is 86.7 Å². The number of hydrogen-bond acceptors (Lipinski definition) is 20. The van der Waals surface area contributed by atoms with Gasteiger partial charge in [-0.1, -0.05) is 141 Å². The molecule has 7 aromatic carbocycles. The fraction of sp³-hybridized carbons (Fsp3) is 0.312. The van der Waals surface area contributed by atoms with E-state index >= 15 is 0 Å². The monoisotopic (exact) mass is 1490 g/mol. The van der Waals surface area contributed by atoms with E-state index < -0.39 is 61.7 Å². The van der Waals surface area contributed by atoms with E-state index in [1.165, 1.54) is 0 Å². The zero-order chi connectivity index (χ0) is 69.7. The van der Waals surface area contributed by atoms with E-state index in [1.54, 1.807) is 48.1 Å². The predicted molar refractivity (Wildman–Crippen MR) is 387 cm³/mol. The number of aromatic amines is 1. The van der Waals surface area contributed by atoms with Crippen LogP contribution in [-0.2, 0) is 64.4 Å². The summed E-state index contributed by atoms with van der Waals surface area (Å²) in [6.45, 7) is 7.02. The number of benzene rings is 7. The van der Waals surface area contributed by atoms with Crippen LogP contribution in [0, 0.1) is 21.3 Å². The van der Waals surface area contributed by atoms with Gasteiger partial charge in [-0.2, -0.15) is 15.2 Å². The summed E-state index contributed by atoms with van der Waals surface area (Å²) < 4.78 is 28.5. The van der Waals surface area contributed by atoms with Gasteiger partial charge in [0.25, 0.3) is 0 Å². The average Bonchev–Trinajstić information content (AvgIpc) is 1.63. The maximum atomic E-state index is 13.5. The van der Waals surface area contributed by atoms with Crippen LogP contribution in [0.4, 0.5) is 0 Å². The number of ether oxygens (including phenoxy) is 2. The number of furan rings is 3. The Morgan fingerprint density at radius 2 is 1.01 bits per heavy atom. The Kier molecular flexibility index (Phi) is 23.0. The number of H-pyrrole nitrogens is 1. The van der Waals surface area contributed by atoms with Gasteiger partial charge in [-0.15, -0.1) is 0 Å². The summed E-state index contributed by atoms with van der Waals surface area (Å²) in [5.74, 6) is 0.0270. The molecule has 11 aromatic rings. The zero-order valence-corrected chi connectivity index (χ0v) is 57.2. The number of hydroxylamine groups is 6. The molecule has 0 radical (unpaired) electrons. The van der Waals surface area contributed by atoms with Crippen molar-refractivity contribution in [3.05, 3.63) is 220 Å². The molecular weight excluding hydrogens is 1400 g/mol. The molecular formula is C77H81BIN5O17. The Morgan fingerprint density at radius 1 is 0.574 bits per heavy atom. The van der Waals surface area contributed by atoms with Crippen molar-refractivity contribution in [2.24, 2.45) is 17.8 Å². The number of carbonyl (C=O) groups excluding carboxylic acids is 3. The van der Waals surface area contributed by atoms with Crippen LogP contribution in [0.1, 0.15) is 50.5 Å². The van der Waals surface area contributed by atoms with Crippen LogP contribution in [0.2, 0.25) is 0 Å². The van der Waals surface area contributed by atoms with Gasteiger partial charge in [0.05, 0.1) is 69.6 Å². The summed E-state index contributed by atoms with van der Waals surface area (Å²) in [6, 6.07) is 59.2. The summed E-state index contributed by atoms with van der Waals surface area (Å²) in [5, 5.41) is 69.9. The smallest absolute Gasteiger partial charge is 0.465 e. The van der Waals surface area contributed by atoms with Crippen molar-refractivity contribution >= 4 is 97.0 Å². The van der Waals surface area contributed by atoms with E-state index in [2.05, 4.69) is 39.0 Å². The van der Waals surface area contributed by atoms with Crippen LogP contribution < -0.4 is 11.0 Å². The Bertz CT molecular complexity index is 4500. The van der Waals surface area contributed by atoms with Crippen LogP contribution in [0.25, 0.3) is 66.5 Å². The van der Waals surface area contributed by atoms with Gasteiger partial charge >= 0.3 is 19.1 Å². The highest BCUT2D eigenvalue weighted by molar-refractivity contribution is 14.1. The van der Waals surface area contributed by atoms with Gasteiger partial charge in [-0.3, -0.25) is 28.9 Å². The Balaban J connectivity index is 0.000000137. The molecule has 101 heavy (non-hydrogen) atoms. The SMILES string of the molecule is C.C[C@H](O)C1ON(Cc2ccc(-c3cc4ccccc4o3)cc2)C2C(=O)OC[C@H]12.C[C@H](O)C1ON(Cc2ccc(-c3cc4ccccc4o3)cc2)[C@H](C(=O)NCCc2c[nH]c3ccccc23)C1CO.C[C@H](O)[C@@H]1ON(Cc2ccc(I)cc2)C2C(=O)OC[C@@H]21.OB(O)c1cc2ccccc2o1. The average molecular weight is 1490 g/mol. The number of aliphatic hydroxyl groups is 4. The van der Waals surface area contributed by atoms with E-state index in [9.17, 15) is 34.8 Å². The van der Waals surface area contributed by atoms with E-state index in [-0.39, 0.29) is 55.5 Å². The molecule has 0 spiro atoms. The second-order valence-electron chi connectivity index (χ2n) is 25.7. The molecule has 0 bridgehead atoms. The van der Waals surface area contributed by atoms with Crippen molar-refractivity contribution in [1.29, 1.82) is 0 Å². The first-order valence-corrected chi connectivity index (χ1v) is 34.4. The number of nitrogens with one attached hydrogen (secondary N) is 2. The number of hydrogen-bond donors (Lipinski definition) is 8. The minimum absolute atomic E-state index is 0. The molecule has 0 aliphatic carbocycles. The number of nitrogens with zero attached hydrogens (tertiary/aromatic N) is 3. The number of fused-ring (bicyclic) bond motifs is 6. The van der Waals surface area contributed by atoms with Crippen LogP contribution in [-0.4, -0.2) is 157 Å². The van der Waals surface area contributed by atoms with Crippen molar-refractivity contribution < 1.29 is 82.1 Å². The van der Waals surface area contributed by atoms with E-state index in [1.807, 2.05) is 176 Å². The highest BCUT2D eigenvalue weighted by atomic mass is 127. The van der Waals surface area contributed by atoms with Gasteiger partial charge in [-0.05, 0) is 127 Å². The van der Waals surface area contributed by atoms with Crippen molar-refractivity contribution in [1.82, 2.24) is 25.5 Å². The number of halogens is 1. The molecule has 5 unspecified atom stereocenters. The van der Waals surface area contributed by atoms with Gasteiger partial charge in [-0.25, -0.2) is 0 Å². The lowest BCUT2D eigenvalue weighted by atomic mass is 9.88. The topological polar surface area (TPSA) is 296 Å². The third-order valence-corrected chi connectivity index (χ3v) is 19.5. The Labute approximate surface area is 597 Å². The van der Waals surface area contributed by atoms with Gasteiger partial charge in [0, 0.05) is 60.4 Å². The summed E-state index contributed by atoms with van der Waals surface area (Å²) in [7, 11) is -1.53. The number of rotatable bonds is 17. The second-order valence-corrected chi connectivity index (χ2v) is 26.9. The normalized spacial score (nSPS) is 22.6. The molecule has 9 heterocycles. The first-order chi connectivity index (χ1) is 48.4. The molecule has 1 amide bonds. The second kappa shape index (κ2) is 32.2. The van der Waals surface area contributed by atoms with Gasteiger partial charge in [0.1, 0.15) is 70.4 Å². The molecule has 24 heteroatoms. The quantitative estimate of drug-likeness (QED) is 0.0239. The van der Waals surface area contributed by atoms with E-state index in [0.29, 0.717) is 51.4 Å². The van der Waals surface area contributed by atoms with Gasteiger partial charge in [0.2, 0.25) is 5.91 Å². The summed E-state index contributed by atoms with van der Waals surface area (Å²) in [5.41, 5.74) is 9.67. The van der Waals surface area contributed by atoms with Crippen molar-refractivity contribution in [2.45, 2.75) is 109 Å². The first-order valence-electron chi connectivity index (χ1n) is 33.3. The van der Waals surface area contributed by atoms with Crippen LogP contribution >= 0.6 is 22.6 Å². The lowest BCUT2D eigenvalue weighted by Crippen LogP contribution is -2.48. The zero-order valence-electron chi connectivity index (χ0n) is 55.0. The number of para-hydroxylation sites is 4. The summed E-state index contributed by atoms with van der Waals surface area (Å²) >= 11 is 2.25. The summed E-state index contributed by atoms with van der Waals surface area (Å²) in [4.78, 5) is 58.4. The van der Waals surface area contributed by atoms with Crippen LogP contribution in [0.15, 0.2) is 208 Å². The maximum Gasteiger partial charge on any atom is 0.526 e. The fourth-order valence-electron chi connectivity index (χ4n) is 13.7. The Hall–Kier alpha value is -8.58. The lowest BCUT2D eigenvalue weighted by Gasteiger charge is -2.24. The Morgan fingerprint density at radius 3 is 1.48 bits per heavy atom. The largest absolute Gasteiger partial charge is 0.526 e. The molecule has 5 aliphatic rings. The third kappa shape index (κ3) is 16.2. The number of cyclic esters (lactones) is 2. The minimum Gasteiger partial charge on any atom is -0.465 e. The molecule has 4 aromatic heterocycles. The van der Waals surface area contributed by atoms with Crippen LogP contribution in [0.5, 0.6) is 0 Å². The van der Waals surface area contributed by atoms with Crippen LogP contribution in [0.3, 0.4) is 0 Å². The molecule has 22 nitrogen and oxygen atoms in total. The number of aliphatic hydroxyl groups excluding tert-OH is 4. The first kappa shape index (κ1) is 72.2. The third-order valence-electron chi connectivity index (χ3n) is 18.7. The summed E-state index contributed by atoms with van der Waals surface area (Å²) in [6.07, 6.45) is -1.00. The fourth-order valence-corrected chi connectivity index (χ4v) is 14.0.